The molecule has 0 aliphatic heterocycles. The van der Waals surface area contributed by atoms with Gasteiger partial charge in [-0.05, 0) is 19.3 Å². The van der Waals surface area contributed by atoms with E-state index in [-0.39, 0.29) is 12.5 Å². The first kappa shape index (κ1) is 15.7. The van der Waals surface area contributed by atoms with Gasteiger partial charge < -0.3 is 20.4 Å². The molecule has 0 saturated carbocycles. The van der Waals surface area contributed by atoms with Crippen LogP contribution in [0.4, 0.5) is 4.79 Å². The summed E-state index contributed by atoms with van der Waals surface area (Å²) in [6.45, 7) is 6.20. The topological polar surface area (TPSA) is 89.9 Å². The van der Waals surface area contributed by atoms with E-state index in [0.717, 1.165) is 0 Å². The van der Waals surface area contributed by atoms with Crippen molar-refractivity contribution in [2.75, 3.05) is 19.7 Å². The Morgan fingerprint density at radius 2 is 1.94 bits per heavy atom. The number of carbonyl (C=O) groups is 2. The molecule has 0 heterocycles. The summed E-state index contributed by atoms with van der Waals surface area (Å²) < 4.78 is 0. The Morgan fingerprint density at radius 1 is 1.35 bits per heavy atom. The molecule has 0 aromatic carbocycles. The molecule has 0 aliphatic rings. The van der Waals surface area contributed by atoms with Gasteiger partial charge in [0.15, 0.2) is 0 Å². The molecule has 17 heavy (non-hydrogen) atoms. The molecule has 3 N–H and O–H groups in total. The van der Waals surface area contributed by atoms with Crippen molar-refractivity contribution in [2.45, 2.75) is 33.2 Å². The van der Waals surface area contributed by atoms with Crippen molar-refractivity contribution in [1.29, 1.82) is 0 Å². The predicted octanol–water partition coefficient (Wildman–Crippen LogP) is 0.509. The zero-order valence-corrected chi connectivity index (χ0v) is 10.6. The number of aliphatic hydroxyl groups is 1. The number of carboxylic acids is 1. The lowest BCUT2D eigenvalue weighted by Gasteiger charge is -2.25. The minimum Gasteiger partial charge on any atom is -0.480 e. The molecule has 0 aromatic rings. The van der Waals surface area contributed by atoms with Gasteiger partial charge in [-0.25, -0.2) is 9.59 Å². The van der Waals surface area contributed by atoms with Gasteiger partial charge in [-0.3, -0.25) is 0 Å². The second-order valence-corrected chi connectivity index (χ2v) is 4.17. The Labute approximate surface area is 102 Å². The van der Waals surface area contributed by atoms with Crippen molar-refractivity contribution >= 4 is 12.0 Å². The number of carbonyl (C=O) groups excluding carboxylic acids is 1. The number of amides is 2. The predicted molar refractivity (Wildman–Crippen MR) is 63.7 cm³/mol. The van der Waals surface area contributed by atoms with Crippen molar-refractivity contribution in [2.24, 2.45) is 5.92 Å². The van der Waals surface area contributed by atoms with Crippen molar-refractivity contribution in [3.05, 3.63) is 0 Å². The highest BCUT2D eigenvalue weighted by Gasteiger charge is 2.25. The van der Waals surface area contributed by atoms with Crippen LogP contribution in [0.5, 0.6) is 0 Å². The summed E-state index contributed by atoms with van der Waals surface area (Å²) in [5, 5.41) is 20.1. The minimum absolute atomic E-state index is 0.0102. The van der Waals surface area contributed by atoms with E-state index in [1.165, 1.54) is 4.90 Å². The Kier molecular flexibility index (Phi) is 7.29. The highest BCUT2D eigenvalue weighted by atomic mass is 16.4. The number of carboxylic acid groups (broad SMARTS) is 1. The molecule has 0 radical (unpaired) electrons. The lowest BCUT2D eigenvalue weighted by molar-refractivity contribution is -0.140. The first-order chi connectivity index (χ1) is 7.93. The third kappa shape index (κ3) is 5.53. The van der Waals surface area contributed by atoms with Crippen LogP contribution in [-0.4, -0.2) is 52.9 Å². The molecule has 0 aromatic heterocycles. The van der Waals surface area contributed by atoms with E-state index in [1.807, 2.05) is 6.92 Å². The summed E-state index contributed by atoms with van der Waals surface area (Å²) in [7, 11) is 0. The van der Waals surface area contributed by atoms with Gasteiger partial charge in [0.2, 0.25) is 0 Å². The summed E-state index contributed by atoms with van der Waals surface area (Å²) in [5.41, 5.74) is 0. The van der Waals surface area contributed by atoms with Crippen LogP contribution in [0.2, 0.25) is 0 Å². The molecule has 0 bridgehead atoms. The number of rotatable bonds is 7. The van der Waals surface area contributed by atoms with Gasteiger partial charge >= 0.3 is 12.0 Å². The standard InChI is InChI=1S/C11H22N2O4/c1-4-13(6-5-7-14)11(17)12-9(8(2)3)10(15)16/h8-9,14H,4-7H2,1-3H3,(H,12,17)(H,15,16)/t9-/m0/s1. The zero-order chi connectivity index (χ0) is 13.4. The average Bonchev–Trinajstić information content (AvgIpc) is 2.26. The zero-order valence-electron chi connectivity index (χ0n) is 10.6. The fraction of sp³-hybridized carbons (Fsp3) is 0.818. The van der Waals surface area contributed by atoms with Gasteiger partial charge in [0.25, 0.3) is 0 Å². The first-order valence-electron chi connectivity index (χ1n) is 5.83. The number of hydrogen-bond acceptors (Lipinski definition) is 3. The van der Waals surface area contributed by atoms with Crippen LogP contribution < -0.4 is 5.32 Å². The van der Waals surface area contributed by atoms with Crippen LogP contribution in [0.1, 0.15) is 27.2 Å². The fourth-order valence-corrected chi connectivity index (χ4v) is 1.40. The van der Waals surface area contributed by atoms with Crippen molar-refractivity contribution < 1.29 is 19.8 Å². The molecule has 0 rings (SSSR count). The maximum atomic E-state index is 11.8. The molecule has 0 unspecified atom stereocenters. The Balaban J connectivity index is 4.41. The number of aliphatic carboxylic acids is 1. The summed E-state index contributed by atoms with van der Waals surface area (Å²) in [6.07, 6.45) is 0.487. The minimum atomic E-state index is -1.04. The second kappa shape index (κ2) is 7.89. The molecule has 0 spiro atoms. The number of nitrogens with one attached hydrogen (secondary N) is 1. The van der Waals surface area contributed by atoms with E-state index < -0.39 is 18.0 Å². The summed E-state index contributed by atoms with van der Waals surface area (Å²) in [6, 6.07) is -1.28. The molecule has 1 atom stereocenters. The smallest absolute Gasteiger partial charge is 0.326 e. The molecular formula is C11H22N2O4. The quantitative estimate of drug-likeness (QED) is 0.610. The van der Waals surface area contributed by atoms with Crippen LogP contribution in [0.25, 0.3) is 0 Å². The van der Waals surface area contributed by atoms with Crippen molar-refractivity contribution in [3.8, 4) is 0 Å². The highest BCUT2D eigenvalue weighted by Crippen LogP contribution is 2.03. The Hall–Kier alpha value is -1.30. The number of nitrogens with zero attached hydrogens (tertiary/aromatic N) is 1. The third-order valence-corrected chi connectivity index (χ3v) is 2.47. The van der Waals surface area contributed by atoms with E-state index in [4.69, 9.17) is 10.2 Å². The van der Waals surface area contributed by atoms with Gasteiger partial charge in [-0.1, -0.05) is 13.8 Å². The van der Waals surface area contributed by atoms with Crippen LogP contribution in [0.3, 0.4) is 0 Å². The molecule has 6 heteroatoms. The van der Waals surface area contributed by atoms with Crippen LogP contribution in [-0.2, 0) is 4.79 Å². The largest absolute Gasteiger partial charge is 0.480 e. The maximum absolute atomic E-state index is 11.8. The van der Waals surface area contributed by atoms with E-state index >= 15 is 0 Å². The summed E-state index contributed by atoms with van der Waals surface area (Å²) in [4.78, 5) is 24.2. The number of aliphatic hydroxyl groups excluding tert-OH is 1. The molecule has 0 aliphatic carbocycles. The molecule has 100 valence electrons. The molecule has 2 amide bonds. The second-order valence-electron chi connectivity index (χ2n) is 4.17. The van der Waals surface area contributed by atoms with Gasteiger partial charge in [-0.15, -0.1) is 0 Å². The Morgan fingerprint density at radius 3 is 2.29 bits per heavy atom. The van der Waals surface area contributed by atoms with E-state index in [9.17, 15) is 9.59 Å². The summed E-state index contributed by atoms with van der Waals surface area (Å²) in [5.74, 6) is -1.21. The maximum Gasteiger partial charge on any atom is 0.326 e. The van der Waals surface area contributed by atoms with E-state index in [1.54, 1.807) is 13.8 Å². The lowest BCUT2D eigenvalue weighted by atomic mass is 10.1. The first-order valence-corrected chi connectivity index (χ1v) is 5.83. The van der Waals surface area contributed by atoms with Gasteiger partial charge in [0, 0.05) is 19.7 Å². The number of hydrogen-bond donors (Lipinski definition) is 3. The van der Waals surface area contributed by atoms with Gasteiger partial charge in [-0.2, -0.15) is 0 Å². The van der Waals surface area contributed by atoms with Crippen molar-refractivity contribution in [1.82, 2.24) is 10.2 Å². The monoisotopic (exact) mass is 246 g/mol. The van der Waals surface area contributed by atoms with Gasteiger partial charge in [0.05, 0.1) is 0 Å². The van der Waals surface area contributed by atoms with Crippen LogP contribution >= 0.6 is 0 Å². The normalized spacial score (nSPS) is 12.3. The fourth-order valence-electron chi connectivity index (χ4n) is 1.40. The Bertz CT molecular complexity index is 256. The summed E-state index contributed by atoms with van der Waals surface area (Å²) >= 11 is 0. The third-order valence-electron chi connectivity index (χ3n) is 2.47. The van der Waals surface area contributed by atoms with Crippen LogP contribution in [0, 0.1) is 5.92 Å². The SMILES string of the molecule is CCN(CCCO)C(=O)N[C@H](C(=O)O)C(C)C. The molecular weight excluding hydrogens is 224 g/mol. The molecule has 6 nitrogen and oxygen atoms in total. The van der Waals surface area contributed by atoms with Crippen LogP contribution in [0.15, 0.2) is 0 Å². The van der Waals surface area contributed by atoms with E-state index in [0.29, 0.717) is 19.5 Å². The number of urea groups is 1. The molecule has 0 fully saturated rings. The molecule has 0 saturated heterocycles. The highest BCUT2D eigenvalue weighted by molar-refractivity contribution is 5.82. The van der Waals surface area contributed by atoms with Gasteiger partial charge in [0.1, 0.15) is 6.04 Å². The van der Waals surface area contributed by atoms with Crippen molar-refractivity contribution in [3.63, 3.8) is 0 Å². The lowest BCUT2D eigenvalue weighted by Crippen LogP contribution is -2.50. The average molecular weight is 246 g/mol. The van der Waals surface area contributed by atoms with E-state index in [2.05, 4.69) is 5.32 Å².